The van der Waals surface area contributed by atoms with Crippen LogP contribution < -0.4 is 11.5 Å². The van der Waals surface area contributed by atoms with Crippen molar-refractivity contribution in [3.05, 3.63) is 0 Å². The third kappa shape index (κ3) is 4.19. The molecular formula is C16H31N3O2. The molecule has 0 aromatic rings. The molecule has 1 aliphatic carbocycles. The molecule has 0 heterocycles. The van der Waals surface area contributed by atoms with Crippen LogP contribution in [0, 0.1) is 17.3 Å². The van der Waals surface area contributed by atoms with Gasteiger partial charge in [-0.3, -0.25) is 9.59 Å². The van der Waals surface area contributed by atoms with Crippen LogP contribution in [0.25, 0.3) is 0 Å². The van der Waals surface area contributed by atoms with Crippen molar-refractivity contribution < 1.29 is 9.59 Å². The first-order valence-electron chi connectivity index (χ1n) is 8.04. The second-order valence-electron chi connectivity index (χ2n) is 6.98. The number of amides is 2. The van der Waals surface area contributed by atoms with E-state index in [1.54, 1.807) is 4.90 Å². The highest BCUT2D eigenvalue weighted by atomic mass is 16.2. The summed E-state index contributed by atoms with van der Waals surface area (Å²) < 4.78 is 0. The SMILES string of the molecule is CCCCN(CC(N)=O)C(=O)C1CCC(N)C(C)C1(C)C. The van der Waals surface area contributed by atoms with Gasteiger partial charge in [0.1, 0.15) is 0 Å². The largest absolute Gasteiger partial charge is 0.368 e. The molecule has 0 radical (unpaired) electrons. The molecule has 3 unspecified atom stereocenters. The lowest BCUT2D eigenvalue weighted by Gasteiger charge is -2.47. The molecule has 0 aromatic heterocycles. The van der Waals surface area contributed by atoms with Crippen molar-refractivity contribution in [3.63, 3.8) is 0 Å². The van der Waals surface area contributed by atoms with Crippen LogP contribution in [0.15, 0.2) is 0 Å². The van der Waals surface area contributed by atoms with Gasteiger partial charge in [0.25, 0.3) is 0 Å². The molecule has 4 N–H and O–H groups in total. The molecule has 2 amide bonds. The summed E-state index contributed by atoms with van der Waals surface area (Å²) in [5.74, 6) is -0.186. The Bertz CT molecular complexity index is 382. The molecule has 122 valence electrons. The maximum Gasteiger partial charge on any atom is 0.237 e. The molecule has 0 bridgehead atoms. The lowest BCUT2D eigenvalue weighted by molar-refractivity contribution is -0.145. The van der Waals surface area contributed by atoms with Crippen LogP contribution in [0.2, 0.25) is 0 Å². The number of hydrogen-bond acceptors (Lipinski definition) is 3. The second kappa shape index (κ2) is 7.25. The summed E-state index contributed by atoms with van der Waals surface area (Å²) in [6.07, 6.45) is 3.52. The van der Waals surface area contributed by atoms with Crippen molar-refractivity contribution in [2.45, 2.75) is 59.4 Å². The van der Waals surface area contributed by atoms with Crippen molar-refractivity contribution in [3.8, 4) is 0 Å². The van der Waals surface area contributed by atoms with Crippen molar-refractivity contribution >= 4 is 11.8 Å². The van der Waals surface area contributed by atoms with Gasteiger partial charge in [0.15, 0.2) is 0 Å². The molecule has 3 atom stereocenters. The Hall–Kier alpha value is -1.10. The summed E-state index contributed by atoms with van der Waals surface area (Å²) in [7, 11) is 0. The summed E-state index contributed by atoms with van der Waals surface area (Å²) in [4.78, 5) is 25.8. The van der Waals surface area contributed by atoms with E-state index < -0.39 is 5.91 Å². The maximum absolute atomic E-state index is 12.9. The number of hydrogen-bond donors (Lipinski definition) is 2. The van der Waals surface area contributed by atoms with Crippen LogP contribution in [0.1, 0.15) is 53.4 Å². The Labute approximate surface area is 128 Å². The fourth-order valence-electron chi connectivity index (χ4n) is 3.32. The van der Waals surface area contributed by atoms with Gasteiger partial charge in [0, 0.05) is 18.5 Å². The zero-order chi connectivity index (χ0) is 16.2. The Morgan fingerprint density at radius 1 is 1.29 bits per heavy atom. The van der Waals surface area contributed by atoms with Gasteiger partial charge in [-0.25, -0.2) is 0 Å². The third-order valence-corrected chi connectivity index (χ3v) is 5.24. The first-order valence-corrected chi connectivity index (χ1v) is 8.04. The molecule has 0 spiro atoms. The Kier molecular flexibility index (Phi) is 6.20. The molecule has 5 nitrogen and oxygen atoms in total. The van der Waals surface area contributed by atoms with E-state index in [0.29, 0.717) is 6.54 Å². The first kappa shape index (κ1) is 18.0. The molecule has 0 aliphatic heterocycles. The minimum absolute atomic E-state index is 0.0197. The number of rotatable bonds is 6. The van der Waals surface area contributed by atoms with Crippen LogP contribution in [-0.2, 0) is 9.59 Å². The highest BCUT2D eigenvalue weighted by Crippen LogP contribution is 2.45. The van der Waals surface area contributed by atoms with Gasteiger partial charge in [-0.2, -0.15) is 0 Å². The fourth-order valence-corrected chi connectivity index (χ4v) is 3.32. The zero-order valence-electron chi connectivity index (χ0n) is 13.9. The number of primary amides is 1. The zero-order valence-corrected chi connectivity index (χ0v) is 13.9. The number of carbonyl (C=O) groups excluding carboxylic acids is 2. The quantitative estimate of drug-likeness (QED) is 0.778. The predicted octanol–water partition coefficient (Wildman–Crippen LogP) is 1.50. The van der Waals surface area contributed by atoms with Gasteiger partial charge >= 0.3 is 0 Å². The van der Waals surface area contributed by atoms with Crippen LogP contribution in [0.5, 0.6) is 0 Å². The Morgan fingerprint density at radius 2 is 1.90 bits per heavy atom. The average molecular weight is 297 g/mol. The van der Waals surface area contributed by atoms with Gasteiger partial charge < -0.3 is 16.4 Å². The number of nitrogens with two attached hydrogens (primary N) is 2. The van der Waals surface area contributed by atoms with E-state index in [9.17, 15) is 9.59 Å². The number of unbranched alkanes of at least 4 members (excludes halogenated alkanes) is 1. The fraction of sp³-hybridized carbons (Fsp3) is 0.875. The topological polar surface area (TPSA) is 89.4 Å². The minimum atomic E-state index is -0.446. The highest BCUT2D eigenvalue weighted by Gasteiger charge is 2.46. The number of carbonyl (C=O) groups is 2. The predicted molar refractivity (Wildman–Crippen MR) is 84.3 cm³/mol. The van der Waals surface area contributed by atoms with Gasteiger partial charge in [0.05, 0.1) is 6.54 Å². The van der Waals surface area contributed by atoms with Crippen molar-refractivity contribution in [2.75, 3.05) is 13.1 Å². The lowest BCUT2D eigenvalue weighted by Crippen LogP contribution is -2.53. The smallest absolute Gasteiger partial charge is 0.237 e. The van der Waals surface area contributed by atoms with Crippen LogP contribution >= 0.6 is 0 Å². The molecular weight excluding hydrogens is 266 g/mol. The lowest BCUT2D eigenvalue weighted by atomic mass is 9.60. The number of nitrogens with zero attached hydrogens (tertiary/aromatic N) is 1. The van der Waals surface area contributed by atoms with Gasteiger partial charge in [-0.05, 0) is 30.6 Å². The molecule has 1 aliphatic rings. The van der Waals surface area contributed by atoms with E-state index in [1.165, 1.54) is 0 Å². The standard InChI is InChI=1S/C16H31N3O2/c1-5-6-9-19(10-14(18)20)15(21)12-7-8-13(17)11(2)16(12,3)4/h11-13H,5-10,17H2,1-4H3,(H2,18,20). The molecule has 1 rings (SSSR count). The van der Waals surface area contributed by atoms with E-state index in [4.69, 9.17) is 11.5 Å². The van der Waals surface area contributed by atoms with Crippen LogP contribution in [-0.4, -0.2) is 35.8 Å². The van der Waals surface area contributed by atoms with E-state index in [0.717, 1.165) is 25.7 Å². The average Bonchev–Trinajstić information content (AvgIpc) is 2.40. The summed E-state index contributed by atoms with van der Waals surface area (Å²) in [5, 5.41) is 0. The first-order chi connectivity index (χ1) is 9.71. The van der Waals surface area contributed by atoms with E-state index in [1.807, 2.05) is 0 Å². The van der Waals surface area contributed by atoms with E-state index >= 15 is 0 Å². The second-order valence-corrected chi connectivity index (χ2v) is 6.98. The molecule has 1 saturated carbocycles. The van der Waals surface area contributed by atoms with Crippen molar-refractivity contribution in [1.29, 1.82) is 0 Å². The minimum Gasteiger partial charge on any atom is -0.368 e. The van der Waals surface area contributed by atoms with Crippen molar-refractivity contribution in [1.82, 2.24) is 4.90 Å². The van der Waals surface area contributed by atoms with E-state index in [-0.39, 0.29) is 35.7 Å². The maximum atomic E-state index is 12.9. The van der Waals surface area contributed by atoms with Crippen molar-refractivity contribution in [2.24, 2.45) is 28.7 Å². The summed E-state index contributed by atoms with van der Waals surface area (Å²) >= 11 is 0. The van der Waals surface area contributed by atoms with Crippen LogP contribution in [0.4, 0.5) is 0 Å². The Morgan fingerprint density at radius 3 is 2.43 bits per heavy atom. The van der Waals surface area contributed by atoms with Crippen LogP contribution in [0.3, 0.4) is 0 Å². The van der Waals surface area contributed by atoms with Gasteiger partial charge in [-0.15, -0.1) is 0 Å². The normalized spacial score (nSPS) is 28.1. The molecule has 0 saturated heterocycles. The summed E-state index contributed by atoms with van der Waals surface area (Å²) in [6, 6.07) is 0.143. The molecule has 21 heavy (non-hydrogen) atoms. The molecule has 1 fully saturated rings. The highest BCUT2D eigenvalue weighted by molar-refractivity contribution is 5.85. The molecule has 0 aromatic carbocycles. The molecule has 5 heteroatoms. The van der Waals surface area contributed by atoms with Gasteiger partial charge in [-0.1, -0.05) is 34.1 Å². The third-order valence-electron chi connectivity index (χ3n) is 5.24. The summed E-state index contributed by atoms with van der Waals surface area (Å²) in [6.45, 7) is 9.04. The van der Waals surface area contributed by atoms with Gasteiger partial charge in [0.2, 0.25) is 11.8 Å². The monoisotopic (exact) mass is 297 g/mol. The van der Waals surface area contributed by atoms with E-state index in [2.05, 4.69) is 27.7 Å². The summed E-state index contributed by atoms with van der Waals surface area (Å²) in [5.41, 5.74) is 11.3. The Balaban J connectivity index is 2.88.